The molecule has 0 radical (unpaired) electrons. The molecule has 0 aromatic heterocycles. The summed E-state index contributed by atoms with van der Waals surface area (Å²) in [6, 6.07) is 15.8. The Morgan fingerprint density at radius 1 is 0.697 bits per heavy atom. The van der Waals surface area contributed by atoms with Gasteiger partial charge in [-0.15, -0.1) is 0 Å². The molecule has 3 aliphatic heterocycles. The van der Waals surface area contributed by atoms with Gasteiger partial charge in [0.15, 0.2) is 0 Å². The van der Waals surface area contributed by atoms with Crippen LogP contribution in [0.4, 0.5) is 39.5 Å². The largest absolute Gasteiger partial charge is 0.490 e. The van der Waals surface area contributed by atoms with Crippen molar-refractivity contribution in [1.29, 1.82) is 0 Å². The number of nitrogens with zero attached hydrogens (tertiary/aromatic N) is 3. The molecule has 0 bridgehead atoms. The fraction of sp³-hybridized carbons (Fsp3) is 0.605. The van der Waals surface area contributed by atoms with Gasteiger partial charge in [-0.05, 0) is 67.1 Å². The zero-order valence-electron chi connectivity index (χ0n) is 35.9. The Kier molecular flexibility index (Phi) is 21.9. The molecule has 1 saturated carbocycles. The Balaban J connectivity index is 0.000000457. The third-order valence-corrected chi connectivity index (χ3v) is 11.7. The van der Waals surface area contributed by atoms with E-state index in [9.17, 15) is 49.1 Å². The highest BCUT2D eigenvalue weighted by molar-refractivity contribution is 6.30. The number of carbonyl (C=O) groups excluding carboxylic acids is 2. The van der Waals surface area contributed by atoms with Crippen LogP contribution in [0, 0.1) is 5.92 Å². The van der Waals surface area contributed by atoms with Crippen LogP contribution in [0.15, 0.2) is 48.5 Å². The first kappa shape index (κ1) is 55.7. The standard InChI is InChI=1S/C37H52ClN5O2.3C2HF3O2/c38-31-15-13-29(14-16-31)24-35(40-36(44)25-34-33-12-6-5-11-30(33)26-39-34)37(45)43-21-19-42(20-22-43)32(23-28-9-3-1-4-10-28)27-41-17-7-2-8-18-41;3*3-2(4,5)1(6)7/h5-6,11-16,28,32,34-35,39H,1-4,7-10,17-27H2,(H,40,44);3*(H,6,7). The van der Waals surface area contributed by atoms with Gasteiger partial charge in [-0.2, -0.15) is 39.5 Å². The van der Waals surface area contributed by atoms with Gasteiger partial charge >= 0.3 is 36.4 Å². The summed E-state index contributed by atoms with van der Waals surface area (Å²) in [6.45, 7) is 7.63. The van der Waals surface area contributed by atoms with Crippen molar-refractivity contribution in [2.45, 2.75) is 114 Å². The number of carboxylic acid groups (broad SMARTS) is 3. The van der Waals surface area contributed by atoms with Crippen LogP contribution in [0.25, 0.3) is 0 Å². The van der Waals surface area contributed by atoms with E-state index in [4.69, 9.17) is 41.3 Å². The monoisotopic (exact) mass is 975 g/mol. The molecule has 0 spiro atoms. The average molecular weight is 976 g/mol. The lowest BCUT2D eigenvalue weighted by Crippen LogP contribution is -2.58. The maximum atomic E-state index is 14.1. The van der Waals surface area contributed by atoms with Gasteiger partial charge < -0.3 is 35.8 Å². The van der Waals surface area contributed by atoms with Crippen molar-refractivity contribution < 1.29 is 78.8 Å². The Labute approximate surface area is 380 Å². The SMILES string of the molecule is O=C(CC1NCc2ccccc21)NC(Cc1ccc(Cl)cc1)C(=O)N1CCN(C(CC2CCCCC2)CN2CCCCC2)CC1.O=C(O)C(F)(F)F.O=C(O)C(F)(F)F.O=C(O)C(F)(F)F. The van der Waals surface area contributed by atoms with Gasteiger partial charge in [-0.25, -0.2) is 14.4 Å². The lowest BCUT2D eigenvalue weighted by molar-refractivity contribution is -0.193. The van der Waals surface area contributed by atoms with Crippen molar-refractivity contribution in [1.82, 2.24) is 25.3 Å². The van der Waals surface area contributed by atoms with E-state index in [1.54, 1.807) is 0 Å². The molecular formula is C43H55ClF9N5O8. The highest BCUT2D eigenvalue weighted by Crippen LogP contribution is 2.31. The summed E-state index contributed by atoms with van der Waals surface area (Å²) in [5.41, 5.74) is 3.41. The molecule has 4 aliphatic rings. The van der Waals surface area contributed by atoms with Crippen molar-refractivity contribution >= 4 is 41.3 Å². The van der Waals surface area contributed by atoms with E-state index in [-0.39, 0.29) is 17.9 Å². The van der Waals surface area contributed by atoms with Gasteiger partial charge in [0, 0.05) is 69.2 Å². The van der Waals surface area contributed by atoms with Crippen LogP contribution in [-0.2, 0) is 36.9 Å². The highest BCUT2D eigenvalue weighted by Gasteiger charge is 2.40. The molecule has 2 aromatic carbocycles. The number of piperidine rings is 1. The molecule has 2 aromatic rings. The number of halogens is 10. The Morgan fingerprint density at radius 2 is 1.20 bits per heavy atom. The molecule has 3 atom stereocenters. The molecule has 370 valence electrons. The maximum absolute atomic E-state index is 14.1. The van der Waals surface area contributed by atoms with Crippen LogP contribution in [0.5, 0.6) is 0 Å². The Morgan fingerprint density at radius 3 is 1.71 bits per heavy atom. The first-order valence-electron chi connectivity index (χ1n) is 21.4. The quantitative estimate of drug-likeness (QED) is 0.141. The molecule has 5 N–H and O–H groups in total. The molecule has 1 aliphatic carbocycles. The van der Waals surface area contributed by atoms with E-state index < -0.39 is 42.5 Å². The van der Waals surface area contributed by atoms with Crippen molar-refractivity contribution in [2.24, 2.45) is 5.92 Å². The number of amides is 2. The summed E-state index contributed by atoms with van der Waals surface area (Å²) in [6.07, 6.45) is -2.27. The van der Waals surface area contributed by atoms with E-state index in [1.165, 1.54) is 82.0 Å². The van der Waals surface area contributed by atoms with E-state index >= 15 is 0 Å². The van der Waals surface area contributed by atoms with Crippen LogP contribution in [0.1, 0.15) is 86.9 Å². The summed E-state index contributed by atoms with van der Waals surface area (Å²) in [5, 5.41) is 28.7. The first-order chi connectivity index (χ1) is 30.8. The van der Waals surface area contributed by atoms with Gasteiger partial charge in [0.05, 0.1) is 0 Å². The fourth-order valence-electron chi connectivity index (χ4n) is 8.17. The van der Waals surface area contributed by atoms with Crippen LogP contribution < -0.4 is 10.6 Å². The summed E-state index contributed by atoms with van der Waals surface area (Å²) < 4.78 is 95.2. The molecule has 6 rings (SSSR count). The minimum atomic E-state index is -5.08. The molecule has 3 unspecified atom stereocenters. The summed E-state index contributed by atoms with van der Waals surface area (Å²) >= 11 is 6.16. The molecule has 13 nitrogen and oxygen atoms in total. The van der Waals surface area contributed by atoms with Crippen LogP contribution in [0.3, 0.4) is 0 Å². The second kappa shape index (κ2) is 26.0. The number of rotatable bonds is 11. The zero-order chi connectivity index (χ0) is 49.2. The summed E-state index contributed by atoms with van der Waals surface area (Å²) in [5.74, 6) is -7.50. The van der Waals surface area contributed by atoms with E-state index in [1.807, 2.05) is 41.3 Å². The molecule has 66 heavy (non-hydrogen) atoms. The van der Waals surface area contributed by atoms with Gasteiger partial charge in [0.1, 0.15) is 6.04 Å². The molecule has 2 amide bonds. The van der Waals surface area contributed by atoms with Crippen LogP contribution >= 0.6 is 11.6 Å². The van der Waals surface area contributed by atoms with Gasteiger partial charge in [0.25, 0.3) is 0 Å². The number of piperazine rings is 1. The molecule has 3 fully saturated rings. The van der Waals surface area contributed by atoms with Crippen molar-refractivity contribution in [3.63, 3.8) is 0 Å². The lowest BCUT2D eigenvalue weighted by Gasteiger charge is -2.43. The number of aliphatic carboxylic acids is 3. The zero-order valence-corrected chi connectivity index (χ0v) is 36.6. The van der Waals surface area contributed by atoms with Crippen molar-refractivity contribution in [3.05, 3.63) is 70.2 Å². The highest BCUT2D eigenvalue weighted by atomic mass is 35.5. The second-order valence-corrected chi connectivity index (χ2v) is 16.7. The number of benzene rings is 2. The van der Waals surface area contributed by atoms with E-state index in [0.29, 0.717) is 37.0 Å². The average Bonchev–Trinajstić information content (AvgIpc) is 3.66. The fourth-order valence-corrected chi connectivity index (χ4v) is 8.30. The lowest BCUT2D eigenvalue weighted by atomic mass is 9.84. The number of nitrogens with one attached hydrogen (secondary N) is 2. The number of alkyl halides is 9. The van der Waals surface area contributed by atoms with Gasteiger partial charge in [-0.1, -0.05) is 86.5 Å². The van der Waals surface area contributed by atoms with Crippen LogP contribution in [0.2, 0.25) is 5.02 Å². The van der Waals surface area contributed by atoms with E-state index in [0.717, 1.165) is 37.7 Å². The number of hydrogen-bond acceptors (Lipinski definition) is 8. The third kappa shape index (κ3) is 19.7. The number of hydrogen-bond donors (Lipinski definition) is 5. The number of carboxylic acids is 3. The minimum absolute atomic E-state index is 0.0255. The molecule has 3 heterocycles. The minimum Gasteiger partial charge on any atom is -0.475 e. The van der Waals surface area contributed by atoms with Crippen LogP contribution in [-0.4, -0.2) is 136 Å². The maximum Gasteiger partial charge on any atom is 0.490 e. The topological polar surface area (TPSA) is 180 Å². The van der Waals surface area contributed by atoms with Crippen molar-refractivity contribution in [3.8, 4) is 0 Å². The van der Waals surface area contributed by atoms with Gasteiger partial charge in [-0.3, -0.25) is 14.5 Å². The number of likely N-dealkylation sites (tertiary alicyclic amines) is 1. The van der Waals surface area contributed by atoms with Crippen molar-refractivity contribution in [2.75, 3.05) is 45.8 Å². The molecule has 23 heteroatoms. The molecule has 2 saturated heterocycles. The predicted molar refractivity (Wildman–Crippen MR) is 222 cm³/mol. The predicted octanol–water partition coefficient (Wildman–Crippen LogP) is 7.47. The molecular weight excluding hydrogens is 921 g/mol. The summed E-state index contributed by atoms with van der Waals surface area (Å²) in [7, 11) is 0. The normalized spacial score (nSPS) is 19.2. The number of carbonyl (C=O) groups is 5. The Hall–Kier alpha value is -4.67. The number of fused-ring (bicyclic) bond motifs is 1. The first-order valence-corrected chi connectivity index (χ1v) is 21.7. The van der Waals surface area contributed by atoms with E-state index in [2.05, 4.69) is 32.6 Å². The van der Waals surface area contributed by atoms with Gasteiger partial charge in [0.2, 0.25) is 11.8 Å². The third-order valence-electron chi connectivity index (χ3n) is 11.5. The second-order valence-electron chi connectivity index (χ2n) is 16.3. The smallest absolute Gasteiger partial charge is 0.475 e. The summed E-state index contributed by atoms with van der Waals surface area (Å²) in [4.78, 5) is 61.6. The Bertz CT molecular complexity index is 1790.